The van der Waals surface area contributed by atoms with E-state index in [2.05, 4.69) is 5.32 Å². The summed E-state index contributed by atoms with van der Waals surface area (Å²) in [6.45, 7) is 2.47. The Morgan fingerprint density at radius 1 is 1.14 bits per heavy atom. The number of amides is 1. The second kappa shape index (κ2) is 7.33. The van der Waals surface area contributed by atoms with Gasteiger partial charge >= 0.3 is 0 Å². The summed E-state index contributed by atoms with van der Waals surface area (Å²) in [7, 11) is 1.61. The van der Waals surface area contributed by atoms with Crippen LogP contribution in [0.1, 0.15) is 12.5 Å². The van der Waals surface area contributed by atoms with Gasteiger partial charge in [0.25, 0.3) is 0 Å². The van der Waals surface area contributed by atoms with Crippen LogP contribution in [0.4, 0.5) is 5.69 Å². The Balaban J connectivity index is 2.04. The molecule has 110 valence electrons. The molecule has 2 aromatic carbocycles. The van der Waals surface area contributed by atoms with Crippen LogP contribution in [0.5, 0.6) is 11.5 Å². The Morgan fingerprint density at radius 2 is 1.95 bits per heavy atom. The SMILES string of the molecule is CCOc1ccccc1NC(=O)Cc1cccc(OC)c1. The number of hydrogen-bond acceptors (Lipinski definition) is 3. The highest BCUT2D eigenvalue weighted by atomic mass is 16.5. The van der Waals surface area contributed by atoms with Crippen molar-refractivity contribution in [2.45, 2.75) is 13.3 Å². The first-order valence-corrected chi connectivity index (χ1v) is 6.87. The van der Waals surface area contributed by atoms with Crippen LogP contribution >= 0.6 is 0 Å². The molecule has 0 saturated carbocycles. The van der Waals surface area contributed by atoms with Crippen LogP contribution in [-0.2, 0) is 11.2 Å². The third-order valence-corrected chi connectivity index (χ3v) is 2.96. The first-order chi connectivity index (χ1) is 10.2. The van der Waals surface area contributed by atoms with Crippen molar-refractivity contribution in [3.63, 3.8) is 0 Å². The highest BCUT2D eigenvalue weighted by Gasteiger charge is 2.08. The molecule has 2 aromatic rings. The number of carbonyl (C=O) groups excluding carboxylic acids is 1. The molecule has 21 heavy (non-hydrogen) atoms. The zero-order valence-electron chi connectivity index (χ0n) is 12.3. The van der Waals surface area contributed by atoms with E-state index in [1.807, 2.05) is 55.5 Å². The minimum atomic E-state index is -0.0876. The average molecular weight is 285 g/mol. The topological polar surface area (TPSA) is 47.6 Å². The number of para-hydroxylation sites is 2. The van der Waals surface area contributed by atoms with E-state index >= 15 is 0 Å². The lowest BCUT2D eigenvalue weighted by Crippen LogP contribution is -2.15. The number of anilines is 1. The molecule has 0 aliphatic heterocycles. The maximum absolute atomic E-state index is 12.1. The molecule has 0 unspecified atom stereocenters. The molecule has 4 heteroatoms. The number of methoxy groups -OCH3 is 1. The fraction of sp³-hybridized carbons (Fsp3) is 0.235. The molecule has 0 spiro atoms. The highest BCUT2D eigenvalue weighted by molar-refractivity contribution is 5.93. The number of nitrogens with one attached hydrogen (secondary N) is 1. The molecule has 4 nitrogen and oxygen atoms in total. The monoisotopic (exact) mass is 285 g/mol. The summed E-state index contributed by atoms with van der Waals surface area (Å²) in [5.41, 5.74) is 1.59. The molecular formula is C17H19NO3. The van der Waals surface area contributed by atoms with Crippen LogP contribution in [0.3, 0.4) is 0 Å². The van der Waals surface area contributed by atoms with Gasteiger partial charge in [-0.05, 0) is 36.8 Å². The van der Waals surface area contributed by atoms with Crippen LogP contribution in [0, 0.1) is 0 Å². The van der Waals surface area contributed by atoms with Gasteiger partial charge in [-0.25, -0.2) is 0 Å². The fourth-order valence-corrected chi connectivity index (χ4v) is 2.01. The van der Waals surface area contributed by atoms with E-state index in [4.69, 9.17) is 9.47 Å². The Bertz CT molecular complexity index is 610. The normalized spacial score (nSPS) is 10.0. The van der Waals surface area contributed by atoms with Gasteiger partial charge < -0.3 is 14.8 Å². The van der Waals surface area contributed by atoms with E-state index in [1.54, 1.807) is 7.11 Å². The van der Waals surface area contributed by atoms with Crippen LogP contribution < -0.4 is 14.8 Å². The van der Waals surface area contributed by atoms with Gasteiger partial charge in [0.05, 0.1) is 25.8 Å². The summed E-state index contributed by atoms with van der Waals surface area (Å²) in [6.07, 6.45) is 0.289. The van der Waals surface area contributed by atoms with Crippen molar-refractivity contribution in [1.29, 1.82) is 0 Å². The standard InChI is InChI=1S/C17H19NO3/c1-3-21-16-10-5-4-9-15(16)18-17(19)12-13-7-6-8-14(11-13)20-2/h4-11H,3,12H2,1-2H3,(H,18,19). The van der Waals surface area contributed by atoms with Crippen molar-refractivity contribution in [1.82, 2.24) is 0 Å². The van der Waals surface area contributed by atoms with Crippen LogP contribution in [-0.4, -0.2) is 19.6 Å². The minimum absolute atomic E-state index is 0.0876. The van der Waals surface area contributed by atoms with Crippen molar-refractivity contribution in [3.8, 4) is 11.5 Å². The first kappa shape index (κ1) is 14.9. The molecule has 0 bridgehead atoms. The second-order valence-electron chi connectivity index (χ2n) is 4.51. The first-order valence-electron chi connectivity index (χ1n) is 6.87. The lowest BCUT2D eigenvalue weighted by molar-refractivity contribution is -0.115. The Kier molecular flexibility index (Phi) is 5.21. The molecule has 0 heterocycles. The maximum Gasteiger partial charge on any atom is 0.228 e. The van der Waals surface area contributed by atoms with Crippen molar-refractivity contribution in [3.05, 3.63) is 54.1 Å². The van der Waals surface area contributed by atoms with Gasteiger partial charge in [0, 0.05) is 0 Å². The summed E-state index contributed by atoms with van der Waals surface area (Å²) in [6, 6.07) is 14.9. The molecule has 0 radical (unpaired) electrons. The zero-order valence-corrected chi connectivity index (χ0v) is 12.3. The summed E-state index contributed by atoms with van der Waals surface area (Å²) in [5, 5.41) is 2.88. The predicted octanol–water partition coefficient (Wildman–Crippen LogP) is 3.28. The molecule has 0 aromatic heterocycles. The summed E-state index contributed by atoms with van der Waals surface area (Å²) >= 11 is 0. The van der Waals surface area contributed by atoms with Gasteiger partial charge in [-0.3, -0.25) is 4.79 Å². The average Bonchev–Trinajstić information content (AvgIpc) is 2.49. The number of ether oxygens (including phenoxy) is 2. The van der Waals surface area contributed by atoms with E-state index < -0.39 is 0 Å². The Labute approximate surface area is 124 Å². The second-order valence-corrected chi connectivity index (χ2v) is 4.51. The largest absolute Gasteiger partial charge is 0.497 e. The van der Waals surface area contributed by atoms with E-state index in [0.717, 1.165) is 11.3 Å². The molecule has 0 saturated heterocycles. The van der Waals surface area contributed by atoms with Gasteiger partial charge in [-0.1, -0.05) is 24.3 Å². The smallest absolute Gasteiger partial charge is 0.228 e. The van der Waals surface area contributed by atoms with Crippen molar-refractivity contribution >= 4 is 11.6 Å². The number of hydrogen-bond donors (Lipinski definition) is 1. The van der Waals surface area contributed by atoms with E-state index in [0.29, 0.717) is 18.0 Å². The van der Waals surface area contributed by atoms with E-state index in [-0.39, 0.29) is 12.3 Å². The Hall–Kier alpha value is -2.49. The number of benzene rings is 2. The van der Waals surface area contributed by atoms with Gasteiger partial charge in [0.2, 0.25) is 5.91 Å². The molecule has 0 atom stereocenters. The van der Waals surface area contributed by atoms with Gasteiger partial charge in [-0.15, -0.1) is 0 Å². The quantitative estimate of drug-likeness (QED) is 0.886. The van der Waals surface area contributed by atoms with Crippen molar-refractivity contribution in [2.75, 3.05) is 19.0 Å². The van der Waals surface area contributed by atoms with Crippen LogP contribution in [0.15, 0.2) is 48.5 Å². The third-order valence-electron chi connectivity index (χ3n) is 2.96. The van der Waals surface area contributed by atoms with E-state index in [9.17, 15) is 4.79 Å². The van der Waals surface area contributed by atoms with Crippen molar-refractivity contribution < 1.29 is 14.3 Å². The summed E-state index contributed by atoms with van der Waals surface area (Å²) in [5.74, 6) is 1.34. The lowest BCUT2D eigenvalue weighted by atomic mass is 10.1. The maximum atomic E-state index is 12.1. The molecular weight excluding hydrogens is 266 g/mol. The van der Waals surface area contributed by atoms with Crippen molar-refractivity contribution in [2.24, 2.45) is 0 Å². The summed E-state index contributed by atoms with van der Waals surface area (Å²) < 4.78 is 10.6. The van der Waals surface area contributed by atoms with Gasteiger partial charge in [0.15, 0.2) is 0 Å². The predicted molar refractivity (Wildman–Crippen MR) is 82.9 cm³/mol. The van der Waals surface area contributed by atoms with E-state index in [1.165, 1.54) is 0 Å². The minimum Gasteiger partial charge on any atom is -0.497 e. The fourth-order valence-electron chi connectivity index (χ4n) is 2.01. The molecule has 1 amide bonds. The molecule has 0 fully saturated rings. The number of rotatable bonds is 6. The van der Waals surface area contributed by atoms with Gasteiger partial charge in [-0.2, -0.15) is 0 Å². The molecule has 0 aliphatic rings. The Morgan fingerprint density at radius 3 is 2.71 bits per heavy atom. The van der Waals surface area contributed by atoms with Crippen LogP contribution in [0.25, 0.3) is 0 Å². The van der Waals surface area contributed by atoms with Crippen LogP contribution in [0.2, 0.25) is 0 Å². The lowest BCUT2D eigenvalue weighted by Gasteiger charge is -2.11. The molecule has 0 aliphatic carbocycles. The summed E-state index contributed by atoms with van der Waals surface area (Å²) in [4.78, 5) is 12.1. The van der Waals surface area contributed by atoms with Gasteiger partial charge in [0.1, 0.15) is 11.5 Å². The third kappa shape index (κ3) is 4.24. The zero-order chi connectivity index (χ0) is 15.1. The molecule has 2 rings (SSSR count). The highest BCUT2D eigenvalue weighted by Crippen LogP contribution is 2.24. The molecule has 1 N–H and O–H groups in total. The number of carbonyl (C=O) groups is 1.